The molecule has 1 fully saturated rings. The Morgan fingerprint density at radius 3 is 2.77 bits per heavy atom. The van der Waals surface area contributed by atoms with E-state index in [1.165, 1.54) is 12.5 Å². The maximum Gasteiger partial charge on any atom is 0.167 e. The van der Waals surface area contributed by atoms with Crippen LogP contribution in [-0.4, -0.2) is 0 Å². The molecular weight excluding hydrogens is 170 g/mol. The third-order valence-corrected chi connectivity index (χ3v) is 2.70. The van der Waals surface area contributed by atoms with Crippen molar-refractivity contribution >= 4 is 0 Å². The molecule has 0 heterocycles. The van der Waals surface area contributed by atoms with E-state index in [4.69, 9.17) is 0 Å². The van der Waals surface area contributed by atoms with E-state index in [-0.39, 0.29) is 0 Å². The minimum Gasteiger partial charge on any atom is -0.203 e. The Kier molecular flexibility index (Phi) is 2.30. The van der Waals surface area contributed by atoms with Crippen LogP contribution in [-0.2, 0) is 6.42 Å². The van der Waals surface area contributed by atoms with E-state index in [1.54, 1.807) is 6.07 Å². The van der Waals surface area contributed by atoms with Crippen LogP contribution in [0.25, 0.3) is 0 Å². The van der Waals surface area contributed by atoms with Crippen molar-refractivity contribution in [1.82, 2.24) is 0 Å². The van der Waals surface area contributed by atoms with Crippen LogP contribution in [0, 0.1) is 23.6 Å². The van der Waals surface area contributed by atoms with Gasteiger partial charge in [-0.25, -0.2) is 8.78 Å². The molecule has 0 N–H and O–H groups in total. The van der Waals surface area contributed by atoms with Gasteiger partial charge < -0.3 is 0 Å². The summed E-state index contributed by atoms with van der Waals surface area (Å²) in [5, 5.41) is 0. The molecule has 2 heteroatoms. The normalized spacial score (nSPS) is 17.1. The van der Waals surface area contributed by atoms with Crippen molar-refractivity contribution in [1.29, 1.82) is 0 Å². The number of hydrogen-bond donors (Lipinski definition) is 0. The highest BCUT2D eigenvalue weighted by atomic mass is 19.2. The van der Waals surface area contributed by atoms with Crippen LogP contribution in [0.3, 0.4) is 0 Å². The van der Waals surface area contributed by atoms with Crippen LogP contribution in [0.2, 0.25) is 0 Å². The van der Waals surface area contributed by atoms with E-state index in [2.05, 4.69) is 6.07 Å². The van der Waals surface area contributed by atoms with E-state index < -0.39 is 11.6 Å². The van der Waals surface area contributed by atoms with E-state index in [0.29, 0.717) is 17.9 Å². The van der Waals surface area contributed by atoms with Crippen LogP contribution in [0.5, 0.6) is 0 Å². The van der Waals surface area contributed by atoms with Gasteiger partial charge in [0.25, 0.3) is 0 Å². The fourth-order valence-electron chi connectivity index (χ4n) is 1.66. The van der Waals surface area contributed by atoms with Gasteiger partial charge in [-0.15, -0.1) is 0 Å². The lowest BCUT2D eigenvalue weighted by Gasteiger charge is -2.25. The molecule has 0 aromatic heterocycles. The summed E-state index contributed by atoms with van der Waals surface area (Å²) in [6.07, 6.45) is 4.21. The van der Waals surface area contributed by atoms with E-state index >= 15 is 0 Å². The van der Waals surface area contributed by atoms with Gasteiger partial charge in [-0.1, -0.05) is 31.4 Å². The highest BCUT2D eigenvalue weighted by Gasteiger charge is 2.20. The predicted molar refractivity (Wildman–Crippen MR) is 46.2 cm³/mol. The summed E-state index contributed by atoms with van der Waals surface area (Å²) in [6.45, 7) is 0. The smallest absolute Gasteiger partial charge is 0.167 e. The lowest BCUT2D eigenvalue weighted by molar-refractivity contribution is 0.309. The van der Waals surface area contributed by atoms with Gasteiger partial charge in [0.15, 0.2) is 11.6 Å². The molecule has 1 aliphatic carbocycles. The number of benzene rings is 1. The van der Waals surface area contributed by atoms with Crippen LogP contribution < -0.4 is 0 Å². The predicted octanol–water partition coefficient (Wildman–Crippen LogP) is 3.11. The van der Waals surface area contributed by atoms with Crippen LogP contribution >= 0.6 is 0 Å². The molecule has 0 aliphatic heterocycles. The van der Waals surface area contributed by atoms with Gasteiger partial charge in [0.05, 0.1) is 0 Å². The van der Waals surface area contributed by atoms with Gasteiger partial charge in [-0.05, 0) is 17.9 Å². The molecule has 1 aromatic carbocycles. The molecule has 0 amide bonds. The lowest BCUT2D eigenvalue weighted by atomic mass is 9.81. The number of halogens is 2. The Bertz CT molecular complexity index is 303. The zero-order valence-corrected chi connectivity index (χ0v) is 7.32. The van der Waals surface area contributed by atoms with Crippen molar-refractivity contribution < 1.29 is 8.78 Å². The molecule has 0 bridgehead atoms. The zero-order chi connectivity index (χ0) is 9.26. The Morgan fingerprint density at radius 2 is 2.15 bits per heavy atom. The molecule has 1 aromatic rings. The molecule has 0 saturated heterocycles. The van der Waals surface area contributed by atoms with Crippen molar-refractivity contribution in [2.75, 3.05) is 0 Å². The first-order chi connectivity index (χ1) is 6.27. The van der Waals surface area contributed by atoms with Crippen molar-refractivity contribution in [2.24, 2.45) is 5.92 Å². The summed E-state index contributed by atoms with van der Waals surface area (Å²) in [5.41, 5.74) is 0.501. The summed E-state index contributed by atoms with van der Waals surface area (Å²) in [6, 6.07) is 5.28. The van der Waals surface area contributed by atoms with Crippen molar-refractivity contribution in [2.45, 2.75) is 25.7 Å². The molecular formula is C11H11F2. The molecule has 1 saturated carbocycles. The van der Waals surface area contributed by atoms with Crippen molar-refractivity contribution in [3.8, 4) is 0 Å². The first-order valence-corrected chi connectivity index (χ1v) is 4.62. The third kappa shape index (κ3) is 1.71. The summed E-state index contributed by atoms with van der Waals surface area (Å²) >= 11 is 0. The average molecular weight is 181 g/mol. The van der Waals surface area contributed by atoms with Gasteiger partial charge in [0, 0.05) is 6.07 Å². The minimum atomic E-state index is -0.850. The second-order valence-corrected chi connectivity index (χ2v) is 3.63. The minimum absolute atomic E-state index is 0.501. The van der Waals surface area contributed by atoms with Crippen LogP contribution in [0.15, 0.2) is 12.1 Å². The van der Waals surface area contributed by atoms with Gasteiger partial charge in [0.1, 0.15) is 0 Å². The number of hydrogen-bond acceptors (Lipinski definition) is 0. The molecule has 2 rings (SSSR count). The summed E-state index contributed by atoms with van der Waals surface area (Å²) in [7, 11) is 0. The quantitative estimate of drug-likeness (QED) is 0.657. The van der Waals surface area contributed by atoms with E-state index in [0.717, 1.165) is 12.8 Å². The number of rotatable bonds is 2. The molecule has 0 unspecified atom stereocenters. The summed E-state index contributed by atoms with van der Waals surface area (Å²) in [4.78, 5) is 0. The maximum absolute atomic E-state index is 13.1. The lowest BCUT2D eigenvalue weighted by Crippen LogP contribution is -2.14. The molecule has 0 spiro atoms. The van der Waals surface area contributed by atoms with Crippen molar-refractivity contribution in [3.63, 3.8) is 0 Å². The van der Waals surface area contributed by atoms with Crippen LogP contribution in [0.4, 0.5) is 8.78 Å². The molecule has 1 radical (unpaired) electrons. The second-order valence-electron chi connectivity index (χ2n) is 3.63. The Balaban J connectivity index is 2.14. The maximum atomic E-state index is 13.1. The standard InChI is InChI=1S/C11H11F2/c12-10-6-2-5-9(11(10)13)7-8-3-1-4-8/h2,5,8H,1,3-4,7H2. The zero-order valence-electron chi connectivity index (χ0n) is 7.32. The molecule has 0 atom stereocenters. The third-order valence-electron chi connectivity index (χ3n) is 2.70. The Hall–Kier alpha value is -0.920. The fraction of sp³-hybridized carbons (Fsp3) is 0.455. The Labute approximate surface area is 76.6 Å². The first kappa shape index (κ1) is 8.67. The van der Waals surface area contributed by atoms with Gasteiger partial charge >= 0.3 is 0 Å². The van der Waals surface area contributed by atoms with Crippen molar-refractivity contribution in [3.05, 3.63) is 35.4 Å². The van der Waals surface area contributed by atoms with E-state index in [9.17, 15) is 8.78 Å². The summed E-state index contributed by atoms with van der Waals surface area (Å²) in [5.74, 6) is -0.998. The molecule has 1 aliphatic rings. The molecule has 69 valence electrons. The highest BCUT2D eigenvalue weighted by molar-refractivity contribution is 5.18. The molecule has 0 nitrogen and oxygen atoms in total. The van der Waals surface area contributed by atoms with E-state index in [1.807, 2.05) is 0 Å². The largest absolute Gasteiger partial charge is 0.203 e. The Morgan fingerprint density at radius 1 is 1.38 bits per heavy atom. The topological polar surface area (TPSA) is 0 Å². The SMILES string of the molecule is Fc1[c]ccc(CC2CCC2)c1F. The fourth-order valence-corrected chi connectivity index (χ4v) is 1.66. The monoisotopic (exact) mass is 181 g/mol. The average Bonchev–Trinajstić information content (AvgIpc) is 2.04. The summed E-state index contributed by atoms with van der Waals surface area (Å²) < 4.78 is 25.8. The van der Waals surface area contributed by atoms with Gasteiger partial charge in [0.2, 0.25) is 0 Å². The van der Waals surface area contributed by atoms with Gasteiger partial charge in [-0.2, -0.15) is 0 Å². The first-order valence-electron chi connectivity index (χ1n) is 4.62. The highest BCUT2D eigenvalue weighted by Crippen LogP contribution is 2.30. The second kappa shape index (κ2) is 3.44. The van der Waals surface area contributed by atoms with Gasteiger partial charge in [-0.3, -0.25) is 0 Å². The molecule has 13 heavy (non-hydrogen) atoms. The van der Waals surface area contributed by atoms with Crippen LogP contribution in [0.1, 0.15) is 24.8 Å².